The minimum atomic E-state index is -2.98. The Labute approximate surface area is 174 Å². The lowest BCUT2D eigenvalue weighted by molar-refractivity contribution is 0.154. The van der Waals surface area contributed by atoms with Gasteiger partial charge in [-0.1, -0.05) is 60.7 Å². The number of nitrogens with zero attached hydrogens (tertiary/aromatic N) is 1. The normalized spacial score (nSPS) is 13.1. The van der Waals surface area contributed by atoms with Crippen molar-refractivity contribution in [3.63, 3.8) is 0 Å². The highest BCUT2D eigenvalue weighted by Gasteiger charge is 2.13. The van der Waals surface area contributed by atoms with Gasteiger partial charge in [-0.3, -0.25) is 4.99 Å². The Hall–Kier alpha value is -2.38. The first kappa shape index (κ1) is 22.9. The molecular weight excluding hydrogens is 386 g/mol. The first-order valence-corrected chi connectivity index (χ1v) is 11.8. The molecule has 0 bridgehead atoms. The summed E-state index contributed by atoms with van der Waals surface area (Å²) >= 11 is 0. The first-order valence-electron chi connectivity index (χ1n) is 9.77. The van der Waals surface area contributed by atoms with Crippen LogP contribution in [-0.4, -0.2) is 59.7 Å². The smallest absolute Gasteiger partial charge is 0.191 e. The fourth-order valence-corrected chi connectivity index (χ4v) is 3.35. The summed E-state index contributed by atoms with van der Waals surface area (Å²) in [6.07, 6.45) is 2.14. The van der Waals surface area contributed by atoms with Crippen molar-refractivity contribution in [3.8, 4) is 0 Å². The van der Waals surface area contributed by atoms with Crippen molar-refractivity contribution in [3.05, 3.63) is 71.8 Å². The molecule has 0 aromatic heterocycles. The molecule has 2 rings (SSSR count). The topological polar surface area (TPSA) is 79.8 Å². The lowest BCUT2D eigenvalue weighted by atomic mass is 9.92. The molecule has 0 aliphatic rings. The second kappa shape index (κ2) is 12.2. The molecule has 7 heteroatoms. The van der Waals surface area contributed by atoms with E-state index in [1.807, 2.05) is 12.1 Å². The zero-order valence-corrected chi connectivity index (χ0v) is 18.0. The van der Waals surface area contributed by atoms with E-state index in [0.29, 0.717) is 25.0 Å². The van der Waals surface area contributed by atoms with Crippen molar-refractivity contribution in [2.75, 3.05) is 45.4 Å². The predicted molar refractivity (Wildman–Crippen MR) is 119 cm³/mol. The molecule has 0 amide bonds. The second-order valence-corrected chi connectivity index (χ2v) is 9.18. The zero-order valence-electron chi connectivity index (χ0n) is 17.2. The van der Waals surface area contributed by atoms with Crippen LogP contribution in [-0.2, 0) is 21.0 Å². The van der Waals surface area contributed by atoms with Crippen molar-refractivity contribution >= 4 is 15.8 Å². The van der Waals surface area contributed by atoms with Crippen LogP contribution in [0.3, 0.4) is 0 Å². The van der Waals surface area contributed by atoms with E-state index in [9.17, 15) is 8.42 Å². The number of sulfone groups is 1. The van der Waals surface area contributed by atoms with Gasteiger partial charge in [-0.05, 0) is 17.5 Å². The molecular formula is C22H31N3O3S. The average Bonchev–Trinajstić information content (AvgIpc) is 2.72. The number of nitrogens with one attached hydrogen (secondary N) is 2. The summed E-state index contributed by atoms with van der Waals surface area (Å²) in [6.45, 7) is 1.92. The second-order valence-electron chi connectivity index (χ2n) is 6.92. The van der Waals surface area contributed by atoms with E-state index in [4.69, 9.17) is 4.74 Å². The molecule has 0 aliphatic heterocycles. The molecule has 0 heterocycles. The first-order chi connectivity index (χ1) is 14.0. The van der Waals surface area contributed by atoms with Crippen LogP contribution in [0.1, 0.15) is 17.0 Å². The van der Waals surface area contributed by atoms with Gasteiger partial charge < -0.3 is 15.4 Å². The van der Waals surface area contributed by atoms with Crippen LogP contribution >= 0.6 is 0 Å². The predicted octanol–water partition coefficient (Wildman–Crippen LogP) is 2.24. The van der Waals surface area contributed by atoms with Gasteiger partial charge in [-0.2, -0.15) is 0 Å². The van der Waals surface area contributed by atoms with Crippen LogP contribution in [0, 0.1) is 0 Å². The van der Waals surface area contributed by atoms with Crippen molar-refractivity contribution in [2.45, 2.75) is 12.3 Å². The van der Waals surface area contributed by atoms with Gasteiger partial charge in [0.2, 0.25) is 0 Å². The Morgan fingerprint density at radius 2 is 1.66 bits per heavy atom. The number of hydrogen-bond acceptors (Lipinski definition) is 4. The van der Waals surface area contributed by atoms with Gasteiger partial charge in [0.25, 0.3) is 0 Å². The highest BCUT2D eigenvalue weighted by atomic mass is 32.2. The van der Waals surface area contributed by atoms with Gasteiger partial charge in [0.05, 0.1) is 19.0 Å². The molecule has 1 unspecified atom stereocenters. The molecule has 2 aromatic rings. The summed E-state index contributed by atoms with van der Waals surface area (Å²) in [7, 11) is -1.25. The van der Waals surface area contributed by atoms with Gasteiger partial charge in [-0.15, -0.1) is 0 Å². The van der Waals surface area contributed by atoms with Gasteiger partial charge in [0.1, 0.15) is 9.84 Å². The van der Waals surface area contributed by atoms with Gasteiger partial charge in [0.15, 0.2) is 5.96 Å². The molecule has 0 saturated heterocycles. The van der Waals surface area contributed by atoms with E-state index in [-0.39, 0.29) is 12.4 Å². The zero-order chi connectivity index (χ0) is 21.0. The number of rotatable bonds is 11. The molecule has 0 fully saturated rings. The van der Waals surface area contributed by atoms with E-state index in [2.05, 4.69) is 64.2 Å². The average molecular weight is 418 g/mol. The van der Waals surface area contributed by atoms with Crippen molar-refractivity contribution < 1.29 is 13.2 Å². The molecule has 6 nitrogen and oxygen atoms in total. The van der Waals surface area contributed by atoms with E-state index in [1.165, 1.54) is 17.4 Å². The monoisotopic (exact) mass is 417 g/mol. The maximum Gasteiger partial charge on any atom is 0.191 e. The van der Waals surface area contributed by atoms with Crippen LogP contribution in [0.2, 0.25) is 0 Å². The van der Waals surface area contributed by atoms with Crippen LogP contribution in [0.25, 0.3) is 0 Å². The number of aliphatic imine (C=N–C) groups is 1. The molecule has 2 N–H and O–H groups in total. The van der Waals surface area contributed by atoms with E-state index < -0.39 is 9.84 Å². The summed E-state index contributed by atoms with van der Waals surface area (Å²) in [6, 6.07) is 20.9. The standard InChI is InChI=1S/C22H31N3O3S/c1-23-22(24-13-14-28-15-16-29(2,26)27)25-18-21(20-11-7-4-8-12-20)17-19-9-5-3-6-10-19/h3-12,21H,13-18H2,1-2H3,(H2,23,24,25). The van der Waals surface area contributed by atoms with Crippen LogP contribution in [0.5, 0.6) is 0 Å². The highest BCUT2D eigenvalue weighted by molar-refractivity contribution is 7.90. The Balaban J connectivity index is 1.83. The number of ether oxygens (including phenoxy) is 1. The Morgan fingerprint density at radius 1 is 1.00 bits per heavy atom. The molecule has 0 radical (unpaired) electrons. The van der Waals surface area contributed by atoms with E-state index >= 15 is 0 Å². The van der Waals surface area contributed by atoms with Crippen LogP contribution in [0.15, 0.2) is 65.7 Å². The summed E-state index contributed by atoms with van der Waals surface area (Å²) < 4.78 is 27.5. The van der Waals surface area contributed by atoms with Crippen molar-refractivity contribution in [2.24, 2.45) is 4.99 Å². The summed E-state index contributed by atoms with van der Waals surface area (Å²) in [5.41, 5.74) is 2.58. The van der Waals surface area contributed by atoms with Gasteiger partial charge in [-0.25, -0.2) is 8.42 Å². The quantitative estimate of drug-likeness (QED) is 0.333. The van der Waals surface area contributed by atoms with Crippen LogP contribution in [0.4, 0.5) is 0 Å². The SMILES string of the molecule is CN=C(NCCOCCS(C)(=O)=O)NCC(Cc1ccccc1)c1ccccc1. The van der Waals surface area contributed by atoms with E-state index in [0.717, 1.165) is 13.0 Å². The minimum absolute atomic E-state index is 0.0399. The van der Waals surface area contributed by atoms with Gasteiger partial charge in [0, 0.05) is 32.3 Å². The minimum Gasteiger partial charge on any atom is -0.379 e. The maximum atomic E-state index is 11.1. The maximum absolute atomic E-state index is 11.1. The summed E-state index contributed by atoms with van der Waals surface area (Å²) in [5.74, 6) is 1.05. The molecule has 1 atom stereocenters. The Kier molecular flexibility index (Phi) is 9.67. The van der Waals surface area contributed by atoms with Crippen LogP contribution < -0.4 is 10.6 Å². The fourth-order valence-electron chi connectivity index (χ4n) is 2.93. The Morgan fingerprint density at radius 3 is 2.28 bits per heavy atom. The molecule has 0 spiro atoms. The third-order valence-electron chi connectivity index (χ3n) is 4.47. The molecule has 29 heavy (non-hydrogen) atoms. The lowest BCUT2D eigenvalue weighted by Crippen LogP contribution is -2.41. The van der Waals surface area contributed by atoms with E-state index in [1.54, 1.807) is 7.05 Å². The van der Waals surface area contributed by atoms with Gasteiger partial charge >= 0.3 is 0 Å². The summed E-state index contributed by atoms with van der Waals surface area (Å²) in [5, 5.41) is 6.59. The molecule has 0 aliphatic carbocycles. The molecule has 2 aromatic carbocycles. The summed E-state index contributed by atoms with van der Waals surface area (Å²) in [4.78, 5) is 4.26. The third-order valence-corrected chi connectivity index (χ3v) is 5.38. The fraction of sp³-hybridized carbons (Fsp3) is 0.409. The number of guanidine groups is 1. The molecule has 158 valence electrons. The third kappa shape index (κ3) is 9.58. The lowest BCUT2D eigenvalue weighted by Gasteiger charge is -2.20. The molecule has 0 saturated carbocycles. The van der Waals surface area contributed by atoms with Crippen molar-refractivity contribution in [1.82, 2.24) is 10.6 Å². The number of benzene rings is 2. The number of hydrogen-bond donors (Lipinski definition) is 2. The Bertz CT molecular complexity index is 840. The largest absolute Gasteiger partial charge is 0.379 e. The van der Waals surface area contributed by atoms with Crippen molar-refractivity contribution in [1.29, 1.82) is 0 Å². The highest BCUT2D eigenvalue weighted by Crippen LogP contribution is 2.20.